The lowest BCUT2D eigenvalue weighted by atomic mass is 10.7. The van der Waals surface area contributed by atoms with Crippen LogP contribution in [0.4, 0.5) is 0 Å². The van der Waals surface area contributed by atoms with Crippen molar-refractivity contribution in [1.82, 2.24) is 10.9 Å². The Balaban J connectivity index is 2.53. The fourth-order valence-electron chi connectivity index (χ4n) is 0.280. The number of nitrogens with one attached hydrogen (secondary N) is 2. The average Bonchev–Trinajstić information content (AvgIpc) is 1.81. The molecule has 0 fully saturated rings. The van der Waals surface area contributed by atoms with Crippen LogP contribution in [0.5, 0.6) is 0 Å². The molecule has 0 aliphatic heterocycles. The molecular weight excluding hydrogens is 172 g/mol. The number of hydrogen-bond acceptors (Lipinski definition) is 3. The van der Waals surface area contributed by atoms with E-state index in [0.29, 0.717) is 6.54 Å². The molecular formula is C4H11BrN2O. The lowest BCUT2D eigenvalue weighted by Gasteiger charge is -2.00. The van der Waals surface area contributed by atoms with Gasteiger partial charge in [0.15, 0.2) is 0 Å². The van der Waals surface area contributed by atoms with Gasteiger partial charge in [0.25, 0.3) is 0 Å². The first-order valence-electron chi connectivity index (χ1n) is 2.54. The zero-order valence-electron chi connectivity index (χ0n) is 4.65. The van der Waals surface area contributed by atoms with E-state index in [0.717, 1.165) is 11.9 Å². The number of rotatable bonds is 5. The Morgan fingerprint density at radius 3 is 2.38 bits per heavy atom. The van der Waals surface area contributed by atoms with E-state index in [1.165, 1.54) is 0 Å². The summed E-state index contributed by atoms with van der Waals surface area (Å²) in [7, 11) is 0. The Bertz CT molecular complexity index is 39.0. The maximum absolute atomic E-state index is 8.25. The average molecular weight is 183 g/mol. The number of alkyl halides is 1. The van der Waals surface area contributed by atoms with Gasteiger partial charge in [-0.3, -0.25) is 10.9 Å². The topological polar surface area (TPSA) is 44.3 Å². The second-order valence-electron chi connectivity index (χ2n) is 1.27. The summed E-state index contributed by atoms with van der Waals surface area (Å²) in [6.07, 6.45) is 0. The molecule has 0 heterocycles. The Hall–Kier alpha value is 0.360. The van der Waals surface area contributed by atoms with Gasteiger partial charge >= 0.3 is 0 Å². The first-order valence-corrected chi connectivity index (χ1v) is 3.66. The van der Waals surface area contributed by atoms with Crippen molar-refractivity contribution in [3.05, 3.63) is 0 Å². The van der Waals surface area contributed by atoms with Crippen molar-refractivity contribution in [2.45, 2.75) is 0 Å². The van der Waals surface area contributed by atoms with Crippen LogP contribution in [0.25, 0.3) is 0 Å². The van der Waals surface area contributed by atoms with Gasteiger partial charge in [0.1, 0.15) is 0 Å². The molecule has 0 aliphatic carbocycles. The van der Waals surface area contributed by atoms with Gasteiger partial charge in [-0.15, -0.1) is 0 Å². The van der Waals surface area contributed by atoms with Gasteiger partial charge in [0.05, 0.1) is 6.61 Å². The highest BCUT2D eigenvalue weighted by molar-refractivity contribution is 9.09. The fraction of sp³-hybridized carbons (Fsp3) is 1.00. The van der Waals surface area contributed by atoms with Crippen molar-refractivity contribution in [1.29, 1.82) is 0 Å². The van der Waals surface area contributed by atoms with Crippen molar-refractivity contribution in [2.75, 3.05) is 25.0 Å². The second kappa shape index (κ2) is 7.36. The van der Waals surface area contributed by atoms with E-state index in [-0.39, 0.29) is 6.61 Å². The third kappa shape index (κ3) is 6.36. The quantitative estimate of drug-likeness (QED) is 0.305. The second-order valence-corrected chi connectivity index (χ2v) is 2.06. The van der Waals surface area contributed by atoms with E-state index in [1.54, 1.807) is 0 Å². The molecule has 0 unspecified atom stereocenters. The zero-order chi connectivity index (χ0) is 6.24. The summed E-state index contributed by atoms with van der Waals surface area (Å²) in [5, 5.41) is 9.17. The normalized spacial score (nSPS) is 9.75. The molecule has 3 N–H and O–H groups in total. The third-order valence-corrected chi connectivity index (χ3v) is 0.978. The molecule has 0 atom stereocenters. The van der Waals surface area contributed by atoms with Gasteiger partial charge in [-0.25, -0.2) is 0 Å². The first-order chi connectivity index (χ1) is 3.91. The monoisotopic (exact) mass is 182 g/mol. The fourth-order valence-corrected chi connectivity index (χ4v) is 0.478. The summed E-state index contributed by atoms with van der Waals surface area (Å²) in [6, 6.07) is 0. The zero-order valence-corrected chi connectivity index (χ0v) is 6.24. The molecule has 0 aliphatic rings. The minimum absolute atomic E-state index is 0.176. The largest absolute Gasteiger partial charge is 0.395 e. The number of aliphatic hydroxyl groups is 1. The summed E-state index contributed by atoms with van der Waals surface area (Å²) >= 11 is 3.24. The summed E-state index contributed by atoms with van der Waals surface area (Å²) in [6.45, 7) is 1.66. The lowest BCUT2D eigenvalue weighted by molar-refractivity contribution is 0.284. The van der Waals surface area contributed by atoms with Gasteiger partial charge < -0.3 is 5.11 Å². The van der Waals surface area contributed by atoms with Crippen LogP contribution in [-0.2, 0) is 0 Å². The molecule has 0 saturated carbocycles. The maximum Gasteiger partial charge on any atom is 0.0569 e. The molecule has 0 aromatic heterocycles. The van der Waals surface area contributed by atoms with Gasteiger partial charge in [-0.05, 0) is 0 Å². The highest BCUT2D eigenvalue weighted by atomic mass is 79.9. The Kier molecular flexibility index (Phi) is 7.69. The van der Waals surface area contributed by atoms with E-state index in [4.69, 9.17) is 5.11 Å². The molecule has 0 spiro atoms. The summed E-state index contributed by atoms with van der Waals surface area (Å²) in [4.78, 5) is 0. The molecule has 0 bridgehead atoms. The minimum atomic E-state index is 0.176. The Morgan fingerprint density at radius 2 is 1.88 bits per heavy atom. The third-order valence-electron chi connectivity index (χ3n) is 0.581. The van der Waals surface area contributed by atoms with Crippen molar-refractivity contribution in [3.63, 3.8) is 0 Å². The van der Waals surface area contributed by atoms with Gasteiger partial charge in [-0.2, -0.15) is 0 Å². The van der Waals surface area contributed by atoms with Crippen molar-refractivity contribution < 1.29 is 5.11 Å². The number of halogens is 1. The van der Waals surface area contributed by atoms with Crippen molar-refractivity contribution >= 4 is 15.9 Å². The molecule has 0 saturated heterocycles. The molecule has 8 heavy (non-hydrogen) atoms. The maximum atomic E-state index is 8.25. The number of hydrogen-bond donors (Lipinski definition) is 3. The smallest absolute Gasteiger partial charge is 0.0569 e. The van der Waals surface area contributed by atoms with E-state index >= 15 is 0 Å². The van der Waals surface area contributed by atoms with Crippen LogP contribution in [-0.4, -0.2) is 30.1 Å². The van der Waals surface area contributed by atoms with Gasteiger partial charge in [0.2, 0.25) is 0 Å². The number of aliphatic hydroxyl groups excluding tert-OH is 1. The molecule has 0 radical (unpaired) electrons. The predicted octanol–water partition coefficient (Wildman–Crippen LogP) is -0.532. The Labute approximate surface area is 57.6 Å². The molecule has 0 aromatic carbocycles. The van der Waals surface area contributed by atoms with Crippen LogP contribution in [0.15, 0.2) is 0 Å². The summed E-state index contributed by atoms with van der Waals surface area (Å²) in [5.41, 5.74) is 5.69. The SMILES string of the molecule is OCCNNCCBr. The molecule has 0 rings (SSSR count). The van der Waals surface area contributed by atoms with Crippen LogP contribution >= 0.6 is 15.9 Å². The Morgan fingerprint density at radius 1 is 1.25 bits per heavy atom. The van der Waals surface area contributed by atoms with E-state index in [1.807, 2.05) is 0 Å². The summed E-state index contributed by atoms with van der Waals surface area (Å²) < 4.78 is 0. The van der Waals surface area contributed by atoms with Crippen LogP contribution in [0, 0.1) is 0 Å². The van der Waals surface area contributed by atoms with Crippen molar-refractivity contribution in [2.24, 2.45) is 0 Å². The highest BCUT2D eigenvalue weighted by Crippen LogP contribution is 1.71. The molecule has 0 aromatic rings. The molecule has 3 nitrogen and oxygen atoms in total. The van der Waals surface area contributed by atoms with E-state index in [9.17, 15) is 0 Å². The lowest BCUT2D eigenvalue weighted by Crippen LogP contribution is -2.35. The minimum Gasteiger partial charge on any atom is -0.395 e. The predicted molar refractivity (Wildman–Crippen MR) is 36.9 cm³/mol. The van der Waals surface area contributed by atoms with Crippen molar-refractivity contribution in [3.8, 4) is 0 Å². The van der Waals surface area contributed by atoms with Crippen LogP contribution in [0.3, 0.4) is 0 Å². The van der Waals surface area contributed by atoms with Crippen LogP contribution in [0.1, 0.15) is 0 Å². The van der Waals surface area contributed by atoms with E-state index in [2.05, 4.69) is 26.8 Å². The molecule has 50 valence electrons. The molecule has 0 amide bonds. The summed E-state index contributed by atoms with van der Waals surface area (Å²) in [5.74, 6) is 0. The first kappa shape index (κ1) is 8.36. The standard InChI is InChI=1S/C4H11BrN2O/c5-1-2-6-7-3-4-8/h6-8H,1-4H2. The van der Waals surface area contributed by atoms with Gasteiger partial charge in [0, 0.05) is 18.4 Å². The van der Waals surface area contributed by atoms with Crippen LogP contribution < -0.4 is 10.9 Å². The van der Waals surface area contributed by atoms with Gasteiger partial charge in [-0.1, -0.05) is 15.9 Å². The number of hydrazine groups is 1. The highest BCUT2D eigenvalue weighted by Gasteiger charge is 1.79. The van der Waals surface area contributed by atoms with Crippen LogP contribution in [0.2, 0.25) is 0 Å². The van der Waals surface area contributed by atoms with E-state index < -0.39 is 0 Å². The molecule has 4 heteroatoms.